The van der Waals surface area contributed by atoms with Crippen LogP contribution in [0.25, 0.3) is 0 Å². The van der Waals surface area contributed by atoms with Crippen molar-refractivity contribution in [3.05, 3.63) is 83.9 Å². The molecule has 0 fully saturated rings. The normalized spacial score (nSPS) is 12.0. The van der Waals surface area contributed by atoms with E-state index in [0.717, 1.165) is 21.2 Å². The summed E-state index contributed by atoms with van der Waals surface area (Å²) in [5.74, 6) is 0.904. The highest BCUT2D eigenvalue weighted by Crippen LogP contribution is 2.26. The van der Waals surface area contributed by atoms with E-state index < -0.39 is 15.9 Å². The molecule has 0 aliphatic heterocycles. The second-order valence-corrected chi connectivity index (χ2v) is 9.92. The lowest BCUT2D eigenvalue weighted by molar-refractivity contribution is -0.120. The van der Waals surface area contributed by atoms with Gasteiger partial charge in [0.25, 0.3) is 10.0 Å². The number of amides is 1. The Kier molecular flexibility index (Phi) is 8.76. The van der Waals surface area contributed by atoms with E-state index >= 15 is 0 Å². The van der Waals surface area contributed by atoms with Gasteiger partial charge in [-0.3, -0.25) is 9.10 Å². The molecule has 0 unspecified atom stereocenters. The van der Waals surface area contributed by atoms with Gasteiger partial charge in [0.15, 0.2) is 0 Å². The molecular formula is C27H32N2O5S. The van der Waals surface area contributed by atoms with Crippen molar-refractivity contribution in [1.29, 1.82) is 0 Å². The molecule has 3 aromatic rings. The molecule has 0 aromatic heterocycles. The molecule has 7 nitrogen and oxygen atoms in total. The van der Waals surface area contributed by atoms with Crippen molar-refractivity contribution in [1.82, 2.24) is 5.32 Å². The average molecular weight is 497 g/mol. The van der Waals surface area contributed by atoms with E-state index in [-0.39, 0.29) is 17.5 Å². The molecule has 0 bridgehead atoms. The zero-order valence-electron chi connectivity index (χ0n) is 20.5. The summed E-state index contributed by atoms with van der Waals surface area (Å²) >= 11 is 0. The molecule has 1 amide bonds. The van der Waals surface area contributed by atoms with E-state index in [4.69, 9.17) is 9.47 Å². The number of nitrogens with zero attached hydrogens (tertiary/aromatic N) is 1. The smallest absolute Gasteiger partial charge is 0.264 e. The highest BCUT2D eigenvalue weighted by molar-refractivity contribution is 7.92. The Labute approximate surface area is 207 Å². The first-order valence-corrected chi connectivity index (χ1v) is 13.0. The van der Waals surface area contributed by atoms with Crippen LogP contribution in [0.5, 0.6) is 11.5 Å². The summed E-state index contributed by atoms with van der Waals surface area (Å²) in [6, 6.07) is 20.4. The number of carbonyl (C=O) groups is 1. The average Bonchev–Trinajstić information content (AvgIpc) is 2.87. The second-order valence-electron chi connectivity index (χ2n) is 8.05. The lowest BCUT2D eigenvalue weighted by atomic mass is 10.0. The molecule has 35 heavy (non-hydrogen) atoms. The molecule has 3 rings (SSSR count). The van der Waals surface area contributed by atoms with Gasteiger partial charge in [-0.15, -0.1) is 0 Å². The molecule has 0 radical (unpaired) electrons. The lowest BCUT2D eigenvalue weighted by Crippen LogP contribution is -2.42. The highest BCUT2D eigenvalue weighted by atomic mass is 32.2. The van der Waals surface area contributed by atoms with E-state index in [0.29, 0.717) is 24.5 Å². The van der Waals surface area contributed by atoms with Crippen LogP contribution in [0.4, 0.5) is 5.69 Å². The molecule has 3 aromatic carbocycles. The minimum Gasteiger partial charge on any atom is -0.497 e. The van der Waals surface area contributed by atoms with Crippen LogP contribution in [0.3, 0.4) is 0 Å². The van der Waals surface area contributed by atoms with Gasteiger partial charge in [0.1, 0.15) is 18.0 Å². The Morgan fingerprint density at radius 1 is 0.914 bits per heavy atom. The third-order valence-corrected chi connectivity index (χ3v) is 7.38. The monoisotopic (exact) mass is 496 g/mol. The lowest BCUT2D eigenvalue weighted by Gasteiger charge is -2.26. The summed E-state index contributed by atoms with van der Waals surface area (Å²) in [5.41, 5.74) is 2.32. The molecule has 0 aliphatic carbocycles. The summed E-state index contributed by atoms with van der Waals surface area (Å²) in [4.78, 5) is 13.2. The Bertz CT molecular complexity index is 1210. The van der Waals surface area contributed by atoms with Gasteiger partial charge in [0, 0.05) is 0 Å². The zero-order chi connectivity index (χ0) is 25.4. The Hall–Kier alpha value is -3.52. The SMILES string of the molecule is CCOc1ccc(S(=O)(=O)N(CC(=O)N[C@H](CC)c2ccc(OC)cc2)c2ccc(C)cc2)cc1. The zero-order valence-corrected chi connectivity index (χ0v) is 21.3. The van der Waals surface area contributed by atoms with Crippen LogP contribution < -0.4 is 19.1 Å². The maximum absolute atomic E-state index is 13.6. The van der Waals surface area contributed by atoms with Crippen molar-refractivity contribution in [3.8, 4) is 11.5 Å². The van der Waals surface area contributed by atoms with Crippen LogP contribution in [-0.4, -0.2) is 34.6 Å². The fourth-order valence-electron chi connectivity index (χ4n) is 3.66. The fraction of sp³-hybridized carbons (Fsp3) is 0.296. The van der Waals surface area contributed by atoms with Crippen LogP contribution in [0.15, 0.2) is 77.7 Å². The van der Waals surface area contributed by atoms with Crippen LogP contribution in [0.2, 0.25) is 0 Å². The molecule has 0 heterocycles. The molecule has 0 aliphatic rings. The van der Waals surface area contributed by atoms with Gasteiger partial charge in [0.2, 0.25) is 5.91 Å². The number of aryl methyl sites for hydroxylation is 1. The fourth-order valence-corrected chi connectivity index (χ4v) is 5.08. The number of rotatable bonds is 11. The molecule has 0 spiro atoms. The Morgan fingerprint density at radius 2 is 1.51 bits per heavy atom. The third-order valence-electron chi connectivity index (χ3n) is 5.59. The van der Waals surface area contributed by atoms with Crippen LogP contribution in [-0.2, 0) is 14.8 Å². The predicted molar refractivity (Wildman–Crippen MR) is 137 cm³/mol. The van der Waals surface area contributed by atoms with E-state index in [1.807, 2.05) is 57.2 Å². The molecule has 0 saturated carbocycles. The number of sulfonamides is 1. The largest absolute Gasteiger partial charge is 0.497 e. The maximum Gasteiger partial charge on any atom is 0.264 e. The van der Waals surface area contributed by atoms with Gasteiger partial charge in [-0.1, -0.05) is 36.8 Å². The number of hydrogen-bond acceptors (Lipinski definition) is 5. The van der Waals surface area contributed by atoms with Crippen molar-refractivity contribution in [2.24, 2.45) is 0 Å². The molecular weight excluding hydrogens is 464 g/mol. The second kappa shape index (κ2) is 11.8. The van der Waals surface area contributed by atoms with Crippen molar-refractivity contribution in [2.45, 2.75) is 38.1 Å². The first-order chi connectivity index (χ1) is 16.8. The molecule has 8 heteroatoms. The number of anilines is 1. The van der Waals surface area contributed by atoms with Crippen LogP contribution >= 0.6 is 0 Å². The van der Waals surface area contributed by atoms with Crippen LogP contribution in [0.1, 0.15) is 37.4 Å². The van der Waals surface area contributed by atoms with E-state index in [1.165, 1.54) is 12.1 Å². The molecule has 186 valence electrons. The van der Waals surface area contributed by atoms with Gasteiger partial charge in [-0.25, -0.2) is 8.42 Å². The summed E-state index contributed by atoms with van der Waals surface area (Å²) < 4.78 is 39.0. The Morgan fingerprint density at radius 3 is 2.06 bits per heavy atom. The standard InChI is InChI=1S/C27H32N2O5S/c1-5-26(21-9-13-23(33-4)14-10-21)28-27(30)19-29(22-11-7-20(3)8-12-22)35(31,32)25-17-15-24(16-18-25)34-6-2/h7-18,26H,5-6,19H2,1-4H3,(H,28,30)/t26-/m1/s1. The number of methoxy groups -OCH3 is 1. The number of carbonyl (C=O) groups excluding carboxylic acids is 1. The van der Waals surface area contributed by atoms with Gasteiger partial charge in [-0.05, 0) is 74.4 Å². The molecule has 1 atom stereocenters. The first kappa shape index (κ1) is 26.1. The minimum absolute atomic E-state index is 0.0801. The van der Waals surface area contributed by atoms with Gasteiger partial charge in [0.05, 0.1) is 30.3 Å². The summed E-state index contributed by atoms with van der Waals surface area (Å²) in [6.07, 6.45) is 0.647. The Balaban J connectivity index is 1.87. The number of ether oxygens (including phenoxy) is 2. The maximum atomic E-state index is 13.6. The summed E-state index contributed by atoms with van der Waals surface area (Å²) in [5, 5.41) is 2.98. The van der Waals surface area contributed by atoms with Crippen molar-refractivity contribution >= 4 is 21.6 Å². The van der Waals surface area contributed by atoms with Crippen molar-refractivity contribution in [3.63, 3.8) is 0 Å². The van der Waals surface area contributed by atoms with E-state index in [1.54, 1.807) is 31.4 Å². The minimum atomic E-state index is -4.01. The highest BCUT2D eigenvalue weighted by Gasteiger charge is 2.28. The number of hydrogen-bond donors (Lipinski definition) is 1. The van der Waals surface area contributed by atoms with E-state index in [9.17, 15) is 13.2 Å². The van der Waals surface area contributed by atoms with E-state index in [2.05, 4.69) is 5.32 Å². The number of benzene rings is 3. The van der Waals surface area contributed by atoms with Gasteiger partial charge in [-0.2, -0.15) is 0 Å². The first-order valence-electron chi connectivity index (χ1n) is 11.5. The van der Waals surface area contributed by atoms with Crippen molar-refractivity contribution < 1.29 is 22.7 Å². The van der Waals surface area contributed by atoms with Gasteiger partial charge < -0.3 is 14.8 Å². The quantitative estimate of drug-likeness (QED) is 0.410. The summed E-state index contributed by atoms with van der Waals surface area (Å²) in [7, 11) is -2.41. The van der Waals surface area contributed by atoms with Crippen LogP contribution in [0, 0.1) is 6.92 Å². The third kappa shape index (κ3) is 6.54. The van der Waals surface area contributed by atoms with Gasteiger partial charge >= 0.3 is 0 Å². The topological polar surface area (TPSA) is 84.9 Å². The predicted octanol–water partition coefficient (Wildman–Crippen LogP) is 4.87. The number of nitrogens with one attached hydrogen (secondary N) is 1. The molecule has 1 N–H and O–H groups in total. The molecule has 0 saturated heterocycles. The summed E-state index contributed by atoms with van der Waals surface area (Å²) in [6.45, 7) is 5.86. The van der Waals surface area contributed by atoms with Crippen molar-refractivity contribution in [2.75, 3.05) is 24.6 Å².